The molecule has 0 aliphatic carbocycles. The Labute approximate surface area is 181 Å². The predicted octanol–water partition coefficient (Wildman–Crippen LogP) is 1.37. The van der Waals surface area contributed by atoms with Gasteiger partial charge in [-0.3, -0.25) is 29.1 Å². The van der Waals surface area contributed by atoms with Crippen LogP contribution in [0.3, 0.4) is 0 Å². The smallest absolute Gasteiger partial charge is 0.307 e. The molecule has 13 heteroatoms. The minimum Gasteiger partial charge on any atom is -0.454 e. The number of rotatable bonds is 7. The van der Waals surface area contributed by atoms with E-state index in [-0.39, 0.29) is 29.6 Å². The molecule has 2 amide bonds. The molecule has 0 atom stereocenters. The van der Waals surface area contributed by atoms with Crippen molar-refractivity contribution < 1.29 is 23.7 Å². The predicted molar refractivity (Wildman–Crippen MR) is 109 cm³/mol. The SMILES string of the molecule is CCn1ncc(NC(=O)c2ccc(Cn3cc([N+](=O)[O-])cn3)o2)c1C(=O)N1CCOCC1. The summed E-state index contributed by atoms with van der Waals surface area (Å²) in [4.78, 5) is 37.6. The summed E-state index contributed by atoms with van der Waals surface area (Å²) in [6.45, 7) is 4.29. The number of amides is 2. The lowest BCUT2D eigenvalue weighted by molar-refractivity contribution is -0.385. The van der Waals surface area contributed by atoms with Gasteiger partial charge in [-0.05, 0) is 19.1 Å². The Balaban J connectivity index is 1.47. The van der Waals surface area contributed by atoms with Gasteiger partial charge in [-0.15, -0.1) is 0 Å². The molecule has 1 aliphatic rings. The highest BCUT2D eigenvalue weighted by Gasteiger charge is 2.26. The van der Waals surface area contributed by atoms with E-state index in [1.54, 1.807) is 11.0 Å². The van der Waals surface area contributed by atoms with E-state index in [9.17, 15) is 19.7 Å². The minimum absolute atomic E-state index is 0.0238. The summed E-state index contributed by atoms with van der Waals surface area (Å²) in [5.74, 6) is -0.365. The van der Waals surface area contributed by atoms with E-state index in [4.69, 9.17) is 9.15 Å². The normalized spacial score (nSPS) is 13.8. The summed E-state index contributed by atoms with van der Waals surface area (Å²) in [7, 11) is 0. The van der Waals surface area contributed by atoms with Gasteiger partial charge < -0.3 is 19.4 Å². The van der Waals surface area contributed by atoms with Crippen molar-refractivity contribution in [1.82, 2.24) is 24.5 Å². The van der Waals surface area contributed by atoms with E-state index in [1.807, 2.05) is 6.92 Å². The van der Waals surface area contributed by atoms with Crippen LogP contribution in [0.25, 0.3) is 0 Å². The van der Waals surface area contributed by atoms with Crippen LogP contribution in [0.4, 0.5) is 11.4 Å². The van der Waals surface area contributed by atoms with Gasteiger partial charge in [-0.25, -0.2) is 0 Å². The quantitative estimate of drug-likeness (QED) is 0.425. The Kier molecular flexibility index (Phi) is 5.98. The number of nitro groups is 1. The van der Waals surface area contributed by atoms with Crippen molar-refractivity contribution in [2.24, 2.45) is 0 Å². The van der Waals surface area contributed by atoms with Crippen LogP contribution in [-0.2, 0) is 17.8 Å². The molecule has 0 aromatic carbocycles. The van der Waals surface area contributed by atoms with Gasteiger partial charge in [0.1, 0.15) is 23.8 Å². The molecule has 0 radical (unpaired) electrons. The van der Waals surface area contributed by atoms with Crippen LogP contribution in [0.2, 0.25) is 0 Å². The molecule has 0 bridgehead atoms. The molecule has 1 N–H and O–H groups in total. The van der Waals surface area contributed by atoms with Gasteiger partial charge in [0.05, 0.1) is 36.6 Å². The number of nitrogens with zero attached hydrogens (tertiary/aromatic N) is 6. The van der Waals surface area contributed by atoms with Crippen molar-refractivity contribution >= 4 is 23.2 Å². The molecular formula is C19H21N7O6. The zero-order valence-electron chi connectivity index (χ0n) is 17.3. The largest absolute Gasteiger partial charge is 0.454 e. The zero-order chi connectivity index (χ0) is 22.7. The average Bonchev–Trinajstić information content (AvgIpc) is 3.54. The first kappa shape index (κ1) is 21.2. The van der Waals surface area contributed by atoms with Crippen LogP contribution in [0.5, 0.6) is 0 Å². The first-order valence-corrected chi connectivity index (χ1v) is 9.96. The highest BCUT2D eigenvalue weighted by molar-refractivity contribution is 6.07. The third-order valence-corrected chi connectivity index (χ3v) is 4.92. The Morgan fingerprint density at radius 1 is 1.22 bits per heavy atom. The van der Waals surface area contributed by atoms with Crippen LogP contribution >= 0.6 is 0 Å². The number of morpholine rings is 1. The van der Waals surface area contributed by atoms with E-state index in [2.05, 4.69) is 15.5 Å². The number of carbonyl (C=O) groups excluding carboxylic acids is 2. The maximum atomic E-state index is 13.0. The molecule has 13 nitrogen and oxygen atoms in total. The minimum atomic E-state index is -0.547. The van der Waals surface area contributed by atoms with Crippen molar-refractivity contribution in [2.45, 2.75) is 20.0 Å². The van der Waals surface area contributed by atoms with Gasteiger partial charge in [-0.1, -0.05) is 0 Å². The molecule has 0 unspecified atom stereocenters. The fourth-order valence-electron chi connectivity index (χ4n) is 3.32. The molecule has 1 fully saturated rings. The lowest BCUT2D eigenvalue weighted by atomic mass is 10.2. The van der Waals surface area contributed by atoms with Gasteiger partial charge in [0.25, 0.3) is 11.8 Å². The van der Waals surface area contributed by atoms with Gasteiger partial charge >= 0.3 is 5.69 Å². The number of furan rings is 1. The Morgan fingerprint density at radius 3 is 2.69 bits per heavy atom. The highest BCUT2D eigenvalue weighted by atomic mass is 16.6. The van der Waals surface area contributed by atoms with E-state index in [0.717, 1.165) is 6.20 Å². The average molecular weight is 443 g/mol. The molecule has 1 aliphatic heterocycles. The fourth-order valence-corrected chi connectivity index (χ4v) is 3.32. The van der Waals surface area contributed by atoms with Crippen molar-refractivity contribution in [3.8, 4) is 0 Å². The van der Waals surface area contributed by atoms with Crippen LogP contribution in [0.15, 0.2) is 35.1 Å². The summed E-state index contributed by atoms with van der Waals surface area (Å²) in [6.07, 6.45) is 3.84. The topological polar surface area (TPSA) is 151 Å². The molecule has 168 valence electrons. The third-order valence-electron chi connectivity index (χ3n) is 4.92. The molecule has 0 saturated carbocycles. The summed E-state index contributed by atoms with van der Waals surface area (Å²) < 4.78 is 13.7. The number of anilines is 1. The Hall–Kier alpha value is -4.00. The lowest BCUT2D eigenvalue weighted by Gasteiger charge is -2.27. The number of hydrogen-bond donors (Lipinski definition) is 1. The summed E-state index contributed by atoms with van der Waals surface area (Å²) in [6, 6.07) is 3.06. The van der Waals surface area contributed by atoms with Crippen molar-refractivity contribution in [3.05, 3.63) is 58.1 Å². The Morgan fingerprint density at radius 2 is 2.00 bits per heavy atom. The van der Waals surface area contributed by atoms with Gasteiger partial charge in [-0.2, -0.15) is 10.2 Å². The molecule has 3 aromatic rings. The van der Waals surface area contributed by atoms with E-state index in [0.29, 0.717) is 44.3 Å². The number of carbonyl (C=O) groups is 2. The van der Waals surface area contributed by atoms with Crippen LogP contribution < -0.4 is 5.32 Å². The van der Waals surface area contributed by atoms with Gasteiger partial charge in [0.2, 0.25) is 0 Å². The van der Waals surface area contributed by atoms with Crippen molar-refractivity contribution in [1.29, 1.82) is 0 Å². The maximum Gasteiger partial charge on any atom is 0.307 e. The van der Waals surface area contributed by atoms with E-state index in [1.165, 1.54) is 27.8 Å². The van der Waals surface area contributed by atoms with Gasteiger partial charge in [0, 0.05) is 19.6 Å². The highest BCUT2D eigenvalue weighted by Crippen LogP contribution is 2.20. The number of aromatic nitrogens is 4. The van der Waals surface area contributed by atoms with Crippen molar-refractivity contribution in [2.75, 3.05) is 31.6 Å². The maximum absolute atomic E-state index is 13.0. The second-order valence-corrected chi connectivity index (χ2v) is 7.00. The monoisotopic (exact) mass is 443 g/mol. The second-order valence-electron chi connectivity index (χ2n) is 7.00. The molecule has 0 spiro atoms. The molecular weight excluding hydrogens is 422 g/mol. The zero-order valence-corrected chi connectivity index (χ0v) is 17.3. The van der Waals surface area contributed by atoms with Gasteiger partial charge in [0.15, 0.2) is 5.76 Å². The fraction of sp³-hybridized carbons (Fsp3) is 0.368. The van der Waals surface area contributed by atoms with E-state index < -0.39 is 10.8 Å². The first-order valence-electron chi connectivity index (χ1n) is 9.96. The standard InChI is InChI=1S/C19H21N7O6/c1-2-25-17(19(28)23-5-7-31-8-6-23)15(10-21-25)22-18(27)16-4-3-14(32-16)12-24-11-13(9-20-24)26(29)30/h3-4,9-11H,2,5-8,12H2,1H3,(H,22,27). The van der Waals surface area contributed by atoms with E-state index >= 15 is 0 Å². The molecule has 32 heavy (non-hydrogen) atoms. The molecule has 4 heterocycles. The second kappa shape index (κ2) is 9.01. The summed E-state index contributed by atoms with van der Waals surface area (Å²) in [5, 5.41) is 21.6. The number of ether oxygens (including phenoxy) is 1. The number of nitrogens with one attached hydrogen (secondary N) is 1. The molecule has 4 rings (SSSR count). The number of hydrogen-bond acceptors (Lipinski definition) is 8. The van der Waals surface area contributed by atoms with Crippen LogP contribution in [0, 0.1) is 10.1 Å². The van der Waals surface area contributed by atoms with Crippen LogP contribution in [-0.4, -0.2) is 67.5 Å². The first-order chi connectivity index (χ1) is 15.5. The lowest BCUT2D eigenvalue weighted by Crippen LogP contribution is -2.41. The number of aryl methyl sites for hydroxylation is 1. The van der Waals surface area contributed by atoms with Crippen LogP contribution in [0.1, 0.15) is 33.7 Å². The molecule has 1 saturated heterocycles. The summed E-state index contributed by atoms with van der Waals surface area (Å²) >= 11 is 0. The summed E-state index contributed by atoms with van der Waals surface area (Å²) in [5.41, 5.74) is 0.437. The van der Waals surface area contributed by atoms with Crippen molar-refractivity contribution in [3.63, 3.8) is 0 Å². The Bertz CT molecular complexity index is 1140. The molecule has 3 aromatic heterocycles. The third kappa shape index (κ3) is 4.37.